The zero-order valence-corrected chi connectivity index (χ0v) is 11.5. The van der Waals surface area contributed by atoms with Crippen molar-refractivity contribution in [1.29, 1.82) is 0 Å². The third-order valence-electron chi connectivity index (χ3n) is 2.76. The smallest absolute Gasteiger partial charge is 0.143 e. The van der Waals surface area contributed by atoms with E-state index in [2.05, 4.69) is 41.4 Å². The van der Waals surface area contributed by atoms with Gasteiger partial charge < -0.3 is 11.1 Å². The molecule has 19 heavy (non-hydrogen) atoms. The first-order valence-electron chi connectivity index (χ1n) is 5.66. The number of aromatic amines is 1. The molecule has 0 radical (unpaired) electrons. The highest BCUT2D eigenvalue weighted by Gasteiger charge is 2.07. The lowest BCUT2D eigenvalue weighted by Gasteiger charge is -2.11. The highest BCUT2D eigenvalue weighted by Crippen LogP contribution is 2.30. The number of halogens is 1. The number of fused-ring (bicyclic) bond motifs is 1. The van der Waals surface area contributed by atoms with Crippen LogP contribution < -0.4 is 11.1 Å². The first kappa shape index (κ1) is 11.9. The van der Waals surface area contributed by atoms with Gasteiger partial charge in [0.15, 0.2) is 0 Å². The Bertz CT molecular complexity index is 704. The summed E-state index contributed by atoms with van der Waals surface area (Å²) in [5, 5.41) is 10.8. The predicted molar refractivity (Wildman–Crippen MR) is 77.6 cm³/mol. The number of pyridine rings is 1. The molecular formula is C12H11BrN6. The van der Waals surface area contributed by atoms with Gasteiger partial charge in [0.1, 0.15) is 12.2 Å². The molecule has 3 rings (SSSR count). The van der Waals surface area contributed by atoms with Gasteiger partial charge >= 0.3 is 0 Å². The van der Waals surface area contributed by atoms with Crippen LogP contribution >= 0.6 is 15.9 Å². The molecule has 96 valence electrons. The summed E-state index contributed by atoms with van der Waals surface area (Å²) in [4.78, 5) is 8.37. The largest absolute Gasteiger partial charge is 0.396 e. The fraction of sp³-hybridized carbons (Fsp3) is 0.0833. The van der Waals surface area contributed by atoms with Crippen LogP contribution in [0.1, 0.15) is 5.82 Å². The second kappa shape index (κ2) is 4.85. The van der Waals surface area contributed by atoms with E-state index in [1.165, 1.54) is 6.33 Å². The molecular weight excluding hydrogens is 308 g/mol. The van der Waals surface area contributed by atoms with Gasteiger partial charge in [-0.15, -0.1) is 0 Å². The van der Waals surface area contributed by atoms with E-state index in [0.29, 0.717) is 12.2 Å². The summed E-state index contributed by atoms with van der Waals surface area (Å²) < 4.78 is 0.982. The number of anilines is 2. The van der Waals surface area contributed by atoms with E-state index in [1.807, 2.05) is 18.2 Å². The number of nitrogens with one attached hydrogen (secondary N) is 2. The third kappa shape index (κ3) is 2.37. The summed E-state index contributed by atoms with van der Waals surface area (Å²) >= 11 is 3.46. The standard InChI is InChI=1S/C12H11BrN6/c13-7-1-2-10-8(3-7)12(9(14)4-15-10)16-5-11-17-6-18-19-11/h1-4,6H,5,14H2,(H,15,16)(H,17,18,19). The van der Waals surface area contributed by atoms with Crippen molar-refractivity contribution in [3.8, 4) is 0 Å². The van der Waals surface area contributed by atoms with E-state index in [-0.39, 0.29) is 0 Å². The SMILES string of the molecule is Nc1cnc2ccc(Br)cc2c1NCc1ncn[nH]1. The number of hydrogen-bond donors (Lipinski definition) is 3. The zero-order chi connectivity index (χ0) is 13.2. The first-order valence-corrected chi connectivity index (χ1v) is 6.45. The van der Waals surface area contributed by atoms with Crippen molar-refractivity contribution in [2.75, 3.05) is 11.1 Å². The maximum atomic E-state index is 5.99. The minimum atomic E-state index is 0.524. The Hall–Kier alpha value is -2.15. The molecule has 4 N–H and O–H groups in total. The van der Waals surface area contributed by atoms with Crippen LogP contribution in [0.5, 0.6) is 0 Å². The van der Waals surface area contributed by atoms with Crippen molar-refractivity contribution in [2.45, 2.75) is 6.54 Å². The van der Waals surface area contributed by atoms with Crippen molar-refractivity contribution in [3.05, 3.63) is 41.0 Å². The second-order valence-electron chi connectivity index (χ2n) is 4.04. The van der Waals surface area contributed by atoms with Gasteiger partial charge in [-0.25, -0.2) is 4.98 Å². The molecule has 0 aliphatic rings. The number of nitrogens with two attached hydrogens (primary N) is 1. The lowest BCUT2D eigenvalue weighted by Crippen LogP contribution is -2.05. The van der Waals surface area contributed by atoms with E-state index in [0.717, 1.165) is 26.9 Å². The van der Waals surface area contributed by atoms with E-state index in [9.17, 15) is 0 Å². The van der Waals surface area contributed by atoms with Gasteiger partial charge in [0.25, 0.3) is 0 Å². The second-order valence-corrected chi connectivity index (χ2v) is 4.95. The van der Waals surface area contributed by atoms with Crippen LogP contribution in [0.2, 0.25) is 0 Å². The van der Waals surface area contributed by atoms with Gasteiger partial charge in [-0.1, -0.05) is 15.9 Å². The molecule has 0 aliphatic carbocycles. The summed E-state index contributed by atoms with van der Waals surface area (Å²) in [5.74, 6) is 0.749. The van der Waals surface area contributed by atoms with Crippen molar-refractivity contribution in [3.63, 3.8) is 0 Å². The molecule has 0 atom stereocenters. The number of H-pyrrole nitrogens is 1. The average molecular weight is 319 g/mol. The molecule has 1 aromatic carbocycles. The monoisotopic (exact) mass is 318 g/mol. The van der Waals surface area contributed by atoms with Gasteiger partial charge in [-0.2, -0.15) is 5.10 Å². The van der Waals surface area contributed by atoms with E-state index in [1.54, 1.807) is 6.20 Å². The molecule has 7 heteroatoms. The summed E-state index contributed by atoms with van der Waals surface area (Å²) in [5.41, 5.74) is 8.33. The fourth-order valence-corrected chi connectivity index (χ4v) is 2.23. The molecule has 0 unspecified atom stereocenters. The van der Waals surface area contributed by atoms with Crippen molar-refractivity contribution in [1.82, 2.24) is 20.2 Å². The van der Waals surface area contributed by atoms with Crippen molar-refractivity contribution in [2.24, 2.45) is 0 Å². The highest BCUT2D eigenvalue weighted by molar-refractivity contribution is 9.10. The minimum Gasteiger partial charge on any atom is -0.396 e. The summed E-state index contributed by atoms with van der Waals surface area (Å²) in [7, 11) is 0. The Balaban J connectivity index is 2.01. The van der Waals surface area contributed by atoms with E-state index in [4.69, 9.17) is 5.73 Å². The van der Waals surface area contributed by atoms with Crippen molar-refractivity contribution >= 4 is 38.2 Å². The quantitative estimate of drug-likeness (QED) is 0.689. The van der Waals surface area contributed by atoms with Crippen LogP contribution in [0.4, 0.5) is 11.4 Å². The molecule has 0 spiro atoms. The number of rotatable bonds is 3. The molecule has 2 heterocycles. The highest BCUT2D eigenvalue weighted by atomic mass is 79.9. The minimum absolute atomic E-state index is 0.524. The molecule has 0 amide bonds. The number of aromatic nitrogens is 4. The van der Waals surface area contributed by atoms with Gasteiger partial charge in [0, 0.05) is 9.86 Å². The normalized spacial score (nSPS) is 10.8. The molecule has 6 nitrogen and oxygen atoms in total. The summed E-state index contributed by atoms with van der Waals surface area (Å²) in [6.45, 7) is 0.524. The molecule has 0 fully saturated rings. The Labute approximate surface area is 117 Å². The van der Waals surface area contributed by atoms with E-state index >= 15 is 0 Å². The van der Waals surface area contributed by atoms with Gasteiger partial charge in [-0.05, 0) is 18.2 Å². The topological polar surface area (TPSA) is 92.5 Å². The Morgan fingerprint density at radius 3 is 3.00 bits per heavy atom. The summed E-state index contributed by atoms with van der Waals surface area (Å²) in [6, 6.07) is 5.88. The van der Waals surface area contributed by atoms with Crippen LogP contribution in [0.25, 0.3) is 10.9 Å². The number of nitrogens with zero attached hydrogens (tertiary/aromatic N) is 3. The van der Waals surface area contributed by atoms with Crippen LogP contribution in [-0.2, 0) is 6.54 Å². The van der Waals surface area contributed by atoms with Crippen molar-refractivity contribution < 1.29 is 0 Å². The Morgan fingerprint density at radius 1 is 1.32 bits per heavy atom. The number of hydrogen-bond acceptors (Lipinski definition) is 5. The predicted octanol–water partition coefficient (Wildman–Crippen LogP) is 2.31. The molecule has 0 saturated carbocycles. The molecule has 0 saturated heterocycles. The van der Waals surface area contributed by atoms with Gasteiger partial charge in [0.2, 0.25) is 0 Å². The van der Waals surface area contributed by atoms with Crippen LogP contribution in [0, 0.1) is 0 Å². The van der Waals surface area contributed by atoms with E-state index < -0.39 is 0 Å². The molecule has 0 bridgehead atoms. The number of nitrogen functional groups attached to an aromatic ring is 1. The van der Waals surface area contributed by atoms with Crippen LogP contribution in [-0.4, -0.2) is 20.2 Å². The number of benzene rings is 1. The zero-order valence-electron chi connectivity index (χ0n) is 9.89. The Morgan fingerprint density at radius 2 is 2.21 bits per heavy atom. The average Bonchev–Trinajstić information content (AvgIpc) is 2.91. The Kier molecular flexibility index (Phi) is 3.04. The summed E-state index contributed by atoms with van der Waals surface area (Å²) in [6.07, 6.45) is 3.13. The lowest BCUT2D eigenvalue weighted by molar-refractivity contribution is 0.956. The molecule has 3 aromatic rings. The van der Waals surface area contributed by atoms with Crippen LogP contribution in [0.15, 0.2) is 35.2 Å². The molecule has 2 aromatic heterocycles. The molecule has 0 aliphatic heterocycles. The third-order valence-corrected chi connectivity index (χ3v) is 3.25. The van der Waals surface area contributed by atoms with Gasteiger partial charge in [0.05, 0.1) is 29.6 Å². The fourth-order valence-electron chi connectivity index (χ4n) is 1.87. The first-order chi connectivity index (χ1) is 9.24. The van der Waals surface area contributed by atoms with Crippen LogP contribution in [0.3, 0.4) is 0 Å². The lowest BCUT2D eigenvalue weighted by atomic mass is 10.1. The maximum absolute atomic E-state index is 5.99. The maximum Gasteiger partial charge on any atom is 0.143 e. The van der Waals surface area contributed by atoms with Gasteiger partial charge in [-0.3, -0.25) is 10.1 Å².